The highest BCUT2D eigenvalue weighted by molar-refractivity contribution is 5.14. The summed E-state index contributed by atoms with van der Waals surface area (Å²) in [5.74, 6) is 2.57. The Kier molecular flexibility index (Phi) is 2.89. The Labute approximate surface area is 72.6 Å². The van der Waals surface area contributed by atoms with Crippen LogP contribution in [-0.2, 0) is 13.1 Å². The molecule has 0 aliphatic heterocycles. The van der Waals surface area contributed by atoms with Crippen LogP contribution in [0.1, 0.15) is 17.7 Å². The number of aromatic nitrogens is 2. The Balaban J connectivity index is 2.70. The average molecular weight is 163 g/mol. The molecule has 12 heavy (non-hydrogen) atoms. The van der Waals surface area contributed by atoms with Crippen molar-refractivity contribution in [2.75, 3.05) is 0 Å². The number of hydrogen-bond acceptors (Lipinski definition) is 2. The van der Waals surface area contributed by atoms with Crippen LogP contribution in [0.15, 0.2) is 6.20 Å². The number of rotatable bonds is 3. The molecule has 0 aliphatic rings. The minimum absolute atomic E-state index is 0.544. The van der Waals surface area contributed by atoms with Gasteiger partial charge in [-0.25, -0.2) is 0 Å². The zero-order valence-electron chi connectivity index (χ0n) is 7.25. The van der Waals surface area contributed by atoms with Gasteiger partial charge in [0.1, 0.15) is 0 Å². The van der Waals surface area contributed by atoms with E-state index in [1.165, 1.54) is 0 Å². The molecular formula is C9H13N3. The SMILES string of the molecule is C#CCCn1cc(CN)c(C)n1. The van der Waals surface area contributed by atoms with Crippen molar-refractivity contribution in [3.63, 3.8) is 0 Å². The van der Waals surface area contributed by atoms with Gasteiger partial charge in [0.25, 0.3) is 0 Å². The van der Waals surface area contributed by atoms with Crippen LogP contribution in [0.4, 0.5) is 0 Å². The number of aryl methyl sites for hydroxylation is 2. The first-order valence-corrected chi connectivity index (χ1v) is 3.94. The molecule has 2 N–H and O–H groups in total. The van der Waals surface area contributed by atoms with Crippen LogP contribution in [0.3, 0.4) is 0 Å². The van der Waals surface area contributed by atoms with E-state index in [0.717, 1.165) is 17.8 Å². The number of terminal acetylenes is 1. The number of nitrogens with zero attached hydrogens (tertiary/aromatic N) is 2. The lowest BCUT2D eigenvalue weighted by molar-refractivity contribution is 0.624. The lowest BCUT2D eigenvalue weighted by Crippen LogP contribution is -1.97. The van der Waals surface area contributed by atoms with E-state index in [1.54, 1.807) is 0 Å². The van der Waals surface area contributed by atoms with E-state index < -0.39 is 0 Å². The molecule has 0 aromatic carbocycles. The highest BCUT2D eigenvalue weighted by Gasteiger charge is 2.00. The molecule has 3 heteroatoms. The highest BCUT2D eigenvalue weighted by atomic mass is 15.3. The second-order valence-corrected chi connectivity index (χ2v) is 2.66. The Morgan fingerprint density at radius 1 is 1.75 bits per heavy atom. The van der Waals surface area contributed by atoms with Crippen LogP contribution in [0, 0.1) is 19.3 Å². The van der Waals surface area contributed by atoms with E-state index >= 15 is 0 Å². The van der Waals surface area contributed by atoms with Crippen molar-refractivity contribution >= 4 is 0 Å². The second-order valence-electron chi connectivity index (χ2n) is 2.66. The van der Waals surface area contributed by atoms with Crippen molar-refractivity contribution in [2.24, 2.45) is 5.73 Å². The maximum absolute atomic E-state index is 5.50. The molecule has 1 aromatic rings. The molecule has 0 saturated carbocycles. The van der Waals surface area contributed by atoms with Gasteiger partial charge in [-0.15, -0.1) is 12.3 Å². The molecule has 3 nitrogen and oxygen atoms in total. The molecule has 1 heterocycles. The van der Waals surface area contributed by atoms with E-state index in [9.17, 15) is 0 Å². The van der Waals surface area contributed by atoms with Crippen molar-refractivity contribution in [1.29, 1.82) is 0 Å². The molecule has 64 valence electrons. The summed E-state index contributed by atoms with van der Waals surface area (Å²) in [4.78, 5) is 0. The summed E-state index contributed by atoms with van der Waals surface area (Å²) < 4.78 is 1.84. The quantitative estimate of drug-likeness (QED) is 0.666. The van der Waals surface area contributed by atoms with Crippen LogP contribution < -0.4 is 5.73 Å². The Bertz CT molecular complexity index is 293. The summed E-state index contributed by atoms with van der Waals surface area (Å²) in [5, 5.41) is 4.26. The molecule has 0 aliphatic carbocycles. The summed E-state index contributed by atoms with van der Waals surface area (Å²) in [7, 11) is 0. The zero-order chi connectivity index (χ0) is 8.97. The Morgan fingerprint density at radius 2 is 2.50 bits per heavy atom. The number of hydrogen-bond donors (Lipinski definition) is 1. The van der Waals surface area contributed by atoms with Gasteiger partial charge in [0.15, 0.2) is 0 Å². The smallest absolute Gasteiger partial charge is 0.0638 e. The van der Waals surface area contributed by atoms with Crippen LogP contribution in [-0.4, -0.2) is 9.78 Å². The topological polar surface area (TPSA) is 43.8 Å². The van der Waals surface area contributed by atoms with E-state index in [0.29, 0.717) is 13.0 Å². The fourth-order valence-corrected chi connectivity index (χ4v) is 1.05. The minimum atomic E-state index is 0.544. The third kappa shape index (κ3) is 1.86. The second kappa shape index (κ2) is 3.93. The number of nitrogens with two attached hydrogens (primary N) is 1. The normalized spacial score (nSPS) is 9.75. The van der Waals surface area contributed by atoms with E-state index in [4.69, 9.17) is 12.2 Å². The first kappa shape index (κ1) is 8.82. The third-order valence-electron chi connectivity index (χ3n) is 1.75. The largest absolute Gasteiger partial charge is 0.326 e. The lowest BCUT2D eigenvalue weighted by Gasteiger charge is -1.93. The van der Waals surface area contributed by atoms with Gasteiger partial charge in [-0.2, -0.15) is 5.10 Å². The van der Waals surface area contributed by atoms with Gasteiger partial charge in [0.2, 0.25) is 0 Å². The van der Waals surface area contributed by atoms with E-state index in [2.05, 4.69) is 11.0 Å². The van der Waals surface area contributed by atoms with Crippen LogP contribution >= 0.6 is 0 Å². The van der Waals surface area contributed by atoms with E-state index in [1.807, 2.05) is 17.8 Å². The Hall–Kier alpha value is -1.27. The molecule has 0 atom stereocenters. The Morgan fingerprint density at radius 3 is 3.00 bits per heavy atom. The summed E-state index contributed by atoms with van der Waals surface area (Å²) >= 11 is 0. The zero-order valence-corrected chi connectivity index (χ0v) is 7.25. The van der Waals surface area contributed by atoms with Gasteiger partial charge in [0, 0.05) is 24.7 Å². The molecule has 1 rings (SSSR count). The third-order valence-corrected chi connectivity index (χ3v) is 1.75. The predicted octanol–water partition coefficient (Wildman–Crippen LogP) is 0.674. The predicted molar refractivity (Wildman–Crippen MR) is 48.3 cm³/mol. The van der Waals surface area contributed by atoms with Gasteiger partial charge >= 0.3 is 0 Å². The summed E-state index contributed by atoms with van der Waals surface area (Å²) in [5.41, 5.74) is 7.58. The van der Waals surface area contributed by atoms with Crippen LogP contribution in [0.5, 0.6) is 0 Å². The molecule has 0 bridgehead atoms. The monoisotopic (exact) mass is 163 g/mol. The van der Waals surface area contributed by atoms with Gasteiger partial charge in [-0.05, 0) is 6.92 Å². The maximum Gasteiger partial charge on any atom is 0.0638 e. The lowest BCUT2D eigenvalue weighted by atomic mass is 10.3. The minimum Gasteiger partial charge on any atom is -0.326 e. The van der Waals surface area contributed by atoms with E-state index in [-0.39, 0.29) is 0 Å². The summed E-state index contributed by atoms with van der Waals surface area (Å²) in [6.07, 6.45) is 7.80. The summed E-state index contributed by atoms with van der Waals surface area (Å²) in [6, 6.07) is 0. The van der Waals surface area contributed by atoms with Gasteiger partial charge in [0.05, 0.1) is 12.2 Å². The van der Waals surface area contributed by atoms with Crippen molar-refractivity contribution in [2.45, 2.75) is 26.4 Å². The van der Waals surface area contributed by atoms with Gasteiger partial charge in [-0.1, -0.05) is 0 Å². The van der Waals surface area contributed by atoms with Crippen LogP contribution in [0.2, 0.25) is 0 Å². The average Bonchev–Trinajstić information content (AvgIpc) is 2.43. The standard InChI is InChI=1S/C9H13N3/c1-3-4-5-12-7-9(6-10)8(2)11-12/h1,7H,4-6,10H2,2H3. The fourth-order valence-electron chi connectivity index (χ4n) is 1.05. The highest BCUT2D eigenvalue weighted by Crippen LogP contribution is 2.04. The van der Waals surface area contributed by atoms with Crippen molar-refractivity contribution < 1.29 is 0 Å². The molecule has 0 unspecified atom stereocenters. The van der Waals surface area contributed by atoms with Crippen molar-refractivity contribution in [1.82, 2.24) is 9.78 Å². The molecule has 0 spiro atoms. The molecule has 0 amide bonds. The fraction of sp³-hybridized carbons (Fsp3) is 0.444. The summed E-state index contributed by atoms with van der Waals surface area (Å²) in [6.45, 7) is 3.27. The first-order valence-electron chi connectivity index (χ1n) is 3.94. The van der Waals surface area contributed by atoms with Crippen molar-refractivity contribution in [3.8, 4) is 12.3 Å². The van der Waals surface area contributed by atoms with Gasteiger partial charge < -0.3 is 5.73 Å². The molecule has 1 aromatic heterocycles. The first-order chi connectivity index (χ1) is 5.77. The van der Waals surface area contributed by atoms with Gasteiger partial charge in [-0.3, -0.25) is 4.68 Å². The maximum atomic E-state index is 5.50. The molecule has 0 fully saturated rings. The molecule has 0 saturated heterocycles. The molecule has 0 radical (unpaired) electrons. The van der Waals surface area contributed by atoms with Crippen molar-refractivity contribution in [3.05, 3.63) is 17.5 Å². The van der Waals surface area contributed by atoms with Crippen LogP contribution in [0.25, 0.3) is 0 Å². The molecular weight excluding hydrogens is 150 g/mol.